The van der Waals surface area contributed by atoms with Crippen LogP contribution in [0.25, 0.3) is 0 Å². The fraction of sp³-hybridized carbons (Fsp3) is 0.305. The Morgan fingerprint density at radius 3 is 1.58 bits per heavy atom. The molecule has 7 rings (SSSR count). The molecule has 0 aromatic heterocycles. The molecule has 0 saturated carbocycles. The molecule has 330 valence electrons. The Hall–Kier alpha value is -5.43. The molecule has 0 amide bonds. The maximum absolute atomic E-state index is 13.9. The van der Waals surface area contributed by atoms with Gasteiger partial charge in [0, 0.05) is 18.6 Å². The summed E-state index contributed by atoms with van der Waals surface area (Å²) in [6.07, 6.45) is 6.22. The molecule has 6 aromatic rings. The molecule has 0 aliphatic heterocycles. The molecule has 4 nitrogen and oxygen atoms in total. The monoisotopic (exact) mass is 866 g/mol. The highest BCUT2D eigenvalue weighted by molar-refractivity contribution is 6.99. The fourth-order valence-electron chi connectivity index (χ4n) is 9.72. The molecule has 0 N–H and O–H groups in total. The Labute approximate surface area is 384 Å². The second kappa shape index (κ2) is 21.5. The Morgan fingerprint density at radius 2 is 1.11 bits per heavy atom. The van der Waals surface area contributed by atoms with Crippen LogP contribution in [0.1, 0.15) is 83.1 Å². The van der Waals surface area contributed by atoms with Gasteiger partial charge in [0.05, 0.1) is 19.3 Å². The molecular formula is C59H66O4Si. The standard InChI is InChI=1S/C59H66O4Si/c1-45(43-62-59(49-27-15-8-16-28-49,50-29-17-9-18-30-50)51-31-19-10-20-32-51)41-52(61-44-48-25-13-7-14-26-48)37-38-55-47(3)42-56(60)57(55)46(2)39-40-63-64(58(4,5)6,53-33-21-11-22-34-53)54-35-23-12-24-36-54/h7-38,45-47,52H,39-44H2,1-6H3/b38-37+/t45-,46-,47-,52+/m0/s1. The van der Waals surface area contributed by atoms with Crippen LogP contribution in [0.3, 0.4) is 0 Å². The number of hydrogen-bond donors (Lipinski definition) is 0. The average Bonchev–Trinajstić information content (AvgIpc) is 3.62. The van der Waals surface area contributed by atoms with Crippen LogP contribution in [0, 0.1) is 17.8 Å². The van der Waals surface area contributed by atoms with Gasteiger partial charge in [0.2, 0.25) is 0 Å². The van der Waals surface area contributed by atoms with Crippen LogP contribution in [0.2, 0.25) is 5.04 Å². The summed E-state index contributed by atoms with van der Waals surface area (Å²) < 4.78 is 21.3. The number of carbonyl (C=O) groups is 1. The molecule has 0 bridgehead atoms. The molecule has 0 unspecified atom stereocenters. The Balaban J connectivity index is 1.14. The highest BCUT2D eigenvalue weighted by Crippen LogP contribution is 2.42. The first-order valence-electron chi connectivity index (χ1n) is 23.2. The average molecular weight is 867 g/mol. The van der Waals surface area contributed by atoms with E-state index in [1.165, 1.54) is 10.4 Å². The van der Waals surface area contributed by atoms with Crippen molar-refractivity contribution in [2.75, 3.05) is 13.2 Å². The van der Waals surface area contributed by atoms with Gasteiger partial charge >= 0.3 is 0 Å². The Bertz CT molecular complexity index is 2270. The van der Waals surface area contributed by atoms with Crippen LogP contribution < -0.4 is 10.4 Å². The summed E-state index contributed by atoms with van der Waals surface area (Å²) in [5.41, 5.74) is 5.64. The minimum atomic E-state index is -2.71. The molecule has 0 radical (unpaired) electrons. The van der Waals surface area contributed by atoms with Crippen LogP contribution >= 0.6 is 0 Å². The highest BCUT2D eigenvalue weighted by Gasteiger charge is 2.50. The van der Waals surface area contributed by atoms with Gasteiger partial charge in [-0.3, -0.25) is 4.79 Å². The highest BCUT2D eigenvalue weighted by atomic mass is 28.4. The van der Waals surface area contributed by atoms with Gasteiger partial charge in [-0.25, -0.2) is 0 Å². The van der Waals surface area contributed by atoms with Crippen molar-refractivity contribution in [3.05, 3.63) is 228 Å². The maximum Gasteiger partial charge on any atom is 0.261 e. The third kappa shape index (κ3) is 10.6. The number of allylic oxidation sites excluding steroid dienone is 3. The van der Waals surface area contributed by atoms with Crippen LogP contribution in [-0.2, 0) is 30.9 Å². The SMILES string of the molecule is C[C@H](COC(c1ccccc1)(c1ccccc1)c1ccccc1)C[C@@H](/C=C/C1=C([C@@H](C)CCO[Si](c2ccccc2)(c2ccccc2)C(C)(C)C)C(=O)C[C@@H]1C)OCc1ccccc1. The summed E-state index contributed by atoms with van der Waals surface area (Å²) in [7, 11) is -2.71. The van der Waals surface area contributed by atoms with Crippen LogP contribution in [0.15, 0.2) is 205 Å². The van der Waals surface area contributed by atoms with Gasteiger partial charge in [0.25, 0.3) is 8.32 Å². The van der Waals surface area contributed by atoms with Crippen molar-refractivity contribution in [3.8, 4) is 0 Å². The predicted octanol–water partition coefficient (Wildman–Crippen LogP) is 12.7. The fourth-order valence-corrected chi connectivity index (χ4v) is 14.3. The van der Waals surface area contributed by atoms with Gasteiger partial charge in [0.1, 0.15) is 5.60 Å². The van der Waals surface area contributed by atoms with E-state index in [2.05, 4.69) is 230 Å². The van der Waals surface area contributed by atoms with E-state index >= 15 is 0 Å². The van der Waals surface area contributed by atoms with Crippen LogP contribution in [-0.4, -0.2) is 33.4 Å². The Kier molecular flexibility index (Phi) is 15.6. The number of rotatable bonds is 20. The van der Waals surface area contributed by atoms with E-state index in [9.17, 15) is 4.79 Å². The van der Waals surface area contributed by atoms with Gasteiger partial charge in [-0.15, -0.1) is 0 Å². The van der Waals surface area contributed by atoms with E-state index in [0.29, 0.717) is 26.2 Å². The summed E-state index contributed by atoms with van der Waals surface area (Å²) in [5.74, 6) is 0.535. The van der Waals surface area contributed by atoms with Crippen molar-refractivity contribution in [2.45, 2.75) is 84.2 Å². The topological polar surface area (TPSA) is 44.8 Å². The van der Waals surface area contributed by atoms with Gasteiger partial charge in [-0.1, -0.05) is 236 Å². The van der Waals surface area contributed by atoms with Crippen molar-refractivity contribution in [1.29, 1.82) is 0 Å². The molecule has 0 heterocycles. The lowest BCUT2D eigenvalue weighted by atomic mass is 9.80. The molecule has 64 heavy (non-hydrogen) atoms. The normalized spacial score (nSPS) is 16.3. The van der Waals surface area contributed by atoms with Crippen LogP contribution in [0.4, 0.5) is 0 Å². The van der Waals surface area contributed by atoms with Gasteiger partial charge in [0.15, 0.2) is 5.78 Å². The largest absolute Gasteiger partial charge is 0.407 e. The second-order valence-electron chi connectivity index (χ2n) is 18.7. The van der Waals surface area contributed by atoms with Gasteiger partial charge in [-0.2, -0.15) is 0 Å². The van der Waals surface area contributed by atoms with Crippen molar-refractivity contribution < 1.29 is 18.7 Å². The lowest BCUT2D eigenvalue weighted by Gasteiger charge is -2.43. The van der Waals surface area contributed by atoms with Crippen molar-refractivity contribution in [1.82, 2.24) is 0 Å². The number of carbonyl (C=O) groups excluding carboxylic acids is 1. The first-order valence-corrected chi connectivity index (χ1v) is 25.1. The number of hydrogen-bond acceptors (Lipinski definition) is 4. The summed E-state index contributed by atoms with van der Waals surface area (Å²) in [5, 5.41) is 2.41. The van der Waals surface area contributed by atoms with E-state index in [1.807, 2.05) is 6.07 Å². The van der Waals surface area contributed by atoms with Crippen LogP contribution in [0.5, 0.6) is 0 Å². The second-order valence-corrected chi connectivity index (χ2v) is 23.0. The van der Waals surface area contributed by atoms with E-state index < -0.39 is 13.9 Å². The van der Waals surface area contributed by atoms with Gasteiger partial charge < -0.3 is 13.9 Å². The van der Waals surface area contributed by atoms with E-state index in [0.717, 1.165) is 46.2 Å². The minimum absolute atomic E-state index is 0.0356. The number of ether oxygens (including phenoxy) is 2. The molecule has 1 aliphatic carbocycles. The molecule has 1 aliphatic rings. The number of benzene rings is 6. The summed E-state index contributed by atoms with van der Waals surface area (Å²) in [6.45, 7) is 15.1. The smallest absolute Gasteiger partial charge is 0.261 e. The minimum Gasteiger partial charge on any atom is -0.407 e. The summed E-state index contributed by atoms with van der Waals surface area (Å²) in [6, 6.07) is 63.6. The summed E-state index contributed by atoms with van der Waals surface area (Å²) >= 11 is 0. The molecular weight excluding hydrogens is 801 g/mol. The predicted molar refractivity (Wildman–Crippen MR) is 266 cm³/mol. The summed E-state index contributed by atoms with van der Waals surface area (Å²) in [4.78, 5) is 13.9. The van der Waals surface area contributed by atoms with Gasteiger partial charge in [-0.05, 0) is 73.8 Å². The van der Waals surface area contributed by atoms with E-state index in [4.69, 9.17) is 13.9 Å². The Morgan fingerprint density at radius 1 is 0.656 bits per heavy atom. The van der Waals surface area contributed by atoms with Crippen molar-refractivity contribution in [3.63, 3.8) is 0 Å². The third-order valence-corrected chi connectivity index (χ3v) is 18.0. The molecule has 4 atom stereocenters. The molecule has 5 heteroatoms. The quantitative estimate of drug-likeness (QED) is 0.0566. The number of Topliss-reactive ketones (excluding diaryl/α,β-unsaturated/α-hetero) is 1. The lowest BCUT2D eigenvalue weighted by Crippen LogP contribution is -2.66. The van der Waals surface area contributed by atoms with E-state index in [-0.39, 0.29) is 34.7 Å². The lowest BCUT2D eigenvalue weighted by molar-refractivity contribution is -0.115. The number of ketones is 1. The molecule has 6 aromatic carbocycles. The zero-order valence-corrected chi connectivity index (χ0v) is 39.7. The molecule has 0 saturated heterocycles. The molecule has 0 fully saturated rings. The van der Waals surface area contributed by atoms with Crippen molar-refractivity contribution in [2.24, 2.45) is 17.8 Å². The van der Waals surface area contributed by atoms with E-state index in [1.54, 1.807) is 0 Å². The van der Waals surface area contributed by atoms with Crippen molar-refractivity contribution >= 4 is 24.5 Å². The first kappa shape index (κ1) is 46.6. The molecule has 0 spiro atoms. The zero-order valence-electron chi connectivity index (χ0n) is 38.7. The maximum atomic E-state index is 13.9. The zero-order chi connectivity index (χ0) is 45.0. The third-order valence-electron chi connectivity index (χ3n) is 13.0. The first-order chi connectivity index (χ1) is 31.0.